The first kappa shape index (κ1) is 22.6. The second-order valence-corrected chi connectivity index (χ2v) is 6.89. The maximum absolute atomic E-state index is 11.5. The molecule has 1 rings (SSSR count). The lowest BCUT2D eigenvalue weighted by Crippen LogP contribution is -2.58. The Bertz CT molecular complexity index is 512. The summed E-state index contributed by atoms with van der Waals surface area (Å²) >= 11 is 5.87. The number of halogens is 1. The number of hydrogen-bond acceptors (Lipinski definition) is 8. The van der Waals surface area contributed by atoms with E-state index < -0.39 is 42.5 Å². The van der Waals surface area contributed by atoms with Crippen LogP contribution in [-0.4, -0.2) is 86.9 Å². The van der Waals surface area contributed by atoms with Gasteiger partial charge >= 0.3 is 17.9 Å². The zero-order valence-corrected chi connectivity index (χ0v) is 16.5. The van der Waals surface area contributed by atoms with E-state index in [1.807, 2.05) is 14.1 Å². The lowest BCUT2D eigenvalue weighted by Gasteiger charge is -2.40. The molecule has 150 valence electrons. The Morgan fingerprint density at radius 2 is 1.54 bits per heavy atom. The number of likely N-dealkylation sites (N-methyl/N-ethyl adjacent to an activating group) is 1. The van der Waals surface area contributed by atoms with Gasteiger partial charge in [-0.2, -0.15) is 0 Å². The third kappa shape index (κ3) is 7.45. The molecule has 0 aliphatic carbocycles. The standard InChI is InChI=1S/C16H27ClNO8/c1-10(19)24-13-8-23-16(22-7-6-18(4,5)9-17)15(26-12(3)21)14(13)25-11(2)20/h13-16H,6-9H2,1-5H3/q+1/t13-,14+,15-,16+/m1/s1. The fraction of sp³-hybridized carbons (Fsp3) is 0.812. The van der Waals surface area contributed by atoms with E-state index in [1.165, 1.54) is 20.8 Å². The van der Waals surface area contributed by atoms with Gasteiger partial charge in [0, 0.05) is 20.8 Å². The van der Waals surface area contributed by atoms with Crippen LogP contribution in [0.3, 0.4) is 0 Å². The second-order valence-electron chi connectivity index (χ2n) is 6.65. The Labute approximate surface area is 158 Å². The highest BCUT2D eigenvalue weighted by atomic mass is 35.5. The minimum atomic E-state index is -1.07. The largest absolute Gasteiger partial charge is 0.456 e. The molecule has 1 saturated heterocycles. The van der Waals surface area contributed by atoms with Gasteiger partial charge in [-0.05, 0) is 0 Å². The van der Waals surface area contributed by atoms with Crippen molar-refractivity contribution in [2.45, 2.75) is 45.4 Å². The normalized spacial score (nSPS) is 26.1. The molecule has 0 unspecified atom stereocenters. The van der Waals surface area contributed by atoms with E-state index in [2.05, 4.69) is 0 Å². The van der Waals surface area contributed by atoms with E-state index in [-0.39, 0.29) is 13.2 Å². The average molecular weight is 397 g/mol. The third-order valence-electron chi connectivity index (χ3n) is 3.61. The van der Waals surface area contributed by atoms with Crippen LogP contribution in [0, 0.1) is 0 Å². The fourth-order valence-electron chi connectivity index (χ4n) is 2.33. The minimum Gasteiger partial charge on any atom is -0.456 e. The van der Waals surface area contributed by atoms with Gasteiger partial charge in [-0.15, -0.1) is 0 Å². The monoisotopic (exact) mass is 396 g/mol. The van der Waals surface area contributed by atoms with Crippen molar-refractivity contribution >= 4 is 29.5 Å². The van der Waals surface area contributed by atoms with Crippen molar-refractivity contribution < 1.29 is 42.6 Å². The first-order valence-electron chi connectivity index (χ1n) is 8.18. The number of quaternary nitrogens is 1. The van der Waals surface area contributed by atoms with Crippen LogP contribution in [0.2, 0.25) is 0 Å². The van der Waals surface area contributed by atoms with Gasteiger partial charge < -0.3 is 28.2 Å². The summed E-state index contributed by atoms with van der Waals surface area (Å²) < 4.78 is 27.4. The Morgan fingerprint density at radius 1 is 1.00 bits per heavy atom. The molecule has 0 aromatic rings. The zero-order valence-electron chi connectivity index (χ0n) is 15.7. The van der Waals surface area contributed by atoms with Gasteiger partial charge in [-0.25, -0.2) is 0 Å². The predicted molar refractivity (Wildman–Crippen MR) is 90.0 cm³/mol. The number of hydrogen-bond donors (Lipinski definition) is 0. The number of nitrogens with zero attached hydrogens (tertiary/aromatic N) is 1. The van der Waals surface area contributed by atoms with Crippen molar-refractivity contribution in [2.24, 2.45) is 0 Å². The highest BCUT2D eigenvalue weighted by Crippen LogP contribution is 2.25. The fourth-order valence-corrected chi connectivity index (χ4v) is 2.45. The Hall–Kier alpha value is -1.42. The summed E-state index contributed by atoms with van der Waals surface area (Å²) in [5.74, 6) is -1.78. The number of carbonyl (C=O) groups excluding carboxylic acids is 3. The zero-order chi connectivity index (χ0) is 19.9. The van der Waals surface area contributed by atoms with Crippen LogP contribution in [0.4, 0.5) is 0 Å². The molecule has 0 saturated carbocycles. The van der Waals surface area contributed by atoms with Gasteiger partial charge in [0.25, 0.3) is 0 Å². The Morgan fingerprint density at radius 3 is 2.04 bits per heavy atom. The van der Waals surface area contributed by atoms with Crippen LogP contribution in [-0.2, 0) is 38.1 Å². The lowest BCUT2D eigenvalue weighted by molar-refractivity contribution is -0.879. The van der Waals surface area contributed by atoms with Crippen LogP contribution in [0.5, 0.6) is 0 Å². The molecule has 0 N–H and O–H groups in total. The molecule has 4 atom stereocenters. The van der Waals surface area contributed by atoms with Gasteiger partial charge in [0.1, 0.15) is 6.54 Å². The maximum Gasteiger partial charge on any atom is 0.303 e. The molecule has 0 amide bonds. The summed E-state index contributed by atoms with van der Waals surface area (Å²) in [7, 11) is 3.86. The van der Waals surface area contributed by atoms with E-state index in [4.69, 9.17) is 35.3 Å². The predicted octanol–water partition coefficient (Wildman–Crippen LogP) is 0.427. The van der Waals surface area contributed by atoms with Crippen molar-refractivity contribution in [3.8, 4) is 0 Å². The maximum atomic E-state index is 11.5. The molecule has 0 bridgehead atoms. The lowest BCUT2D eigenvalue weighted by atomic mass is 10.0. The molecule has 26 heavy (non-hydrogen) atoms. The van der Waals surface area contributed by atoms with Gasteiger partial charge in [0.05, 0.1) is 27.3 Å². The van der Waals surface area contributed by atoms with Crippen molar-refractivity contribution in [2.75, 3.05) is 39.9 Å². The van der Waals surface area contributed by atoms with Crippen molar-refractivity contribution in [1.82, 2.24) is 0 Å². The van der Waals surface area contributed by atoms with E-state index in [0.29, 0.717) is 17.0 Å². The molecule has 0 spiro atoms. The van der Waals surface area contributed by atoms with E-state index in [1.54, 1.807) is 0 Å². The van der Waals surface area contributed by atoms with Crippen molar-refractivity contribution in [1.29, 1.82) is 0 Å². The molecule has 0 radical (unpaired) electrons. The topological polar surface area (TPSA) is 97.4 Å². The molecular formula is C16H27ClNO8+. The van der Waals surface area contributed by atoms with Crippen LogP contribution < -0.4 is 0 Å². The minimum absolute atomic E-state index is 0.0618. The van der Waals surface area contributed by atoms with E-state index >= 15 is 0 Å². The smallest absolute Gasteiger partial charge is 0.303 e. The molecule has 1 fully saturated rings. The molecule has 1 aliphatic heterocycles. The highest BCUT2D eigenvalue weighted by molar-refractivity contribution is 6.16. The molecule has 10 heteroatoms. The SMILES string of the molecule is CC(=O)O[C@@H]1[C@@H](OC(C)=O)[C@@H](OCC[N+](C)(C)CCl)OC[C@H]1OC(C)=O. The summed E-state index contributed by atoms with van der Waals surface area (Å²) in [4.78, 5) is 34.3. The van der Waals surface area contributed by atoms with Crippen molar-refractivity contribution in [3.63, 3.8) is 0 Å². The van der Waals surface area contributed by atoms with E-state index in [0.717, 1.165) is 0 Å². The quantitative estimate of drug-likeness (QED) is 0.191. The van der Waals surface area contributed by atoms with Crippen LogP contribution in [0.25, 0.3) is 0 Å². The molecule has 1 aliphatic rings. The molecule has 9 nitrogen and oxygen atoms in total. The van der Waals surface area contributed by atoms with Gasteiger partial charge in [0.2, 0.25) is 0 Å². The number of esters is 3. The van der Waals surface area contributed by atoms with Crippen molar-refractivity contribution in [3.05, 3.63) is 0 Å². The highest BCUT2D eigenvalue weighted by Gasteiger charge is 2.47. The number of rotatable bonds is 8. The molecule has 0 aromatic carbocycles. The first-order valence-corrected chi connectivity index (χ1v) is 8.72. The first-order chi connectivity index (χ1) is 12.1. The second kappa shape index (κ2) is 10.1. The summed E-state index contributed by atoms with van der Waals surface area (Å²) in [6.07, 6.45) is -3.98. The number of carbonyl (C=O) groups is 3. The van der Waals surface area contributed by atoms with Crippen LogP contribution >= 0.6 is 11.6 Å². The Balaban J connectivity index is 2.90. The summed E-state index contributed by atoms with van der Waals surface area (Å²) in [5.41, 5.74) is 0. The molecule has 0 aromatic heterocycles. The van der Waals surface area contributed by atoms with Crippen LogP contribution in [0.15, 0.2) is 0 Å². The number of alkyl halides is 1. The molecule has 1 heterocycles. The Kier molecular flexibility index (Phi) is 8.75. The summed E-state index contributed by atoms with van der Waals surface area (Å²) in [5, 5.41) is 0. The van der Waals surface area contributed by atoms with Gasteiger partial charge in [0.15, 0.2) is 30.6 Å². The van der Waals surface area contributed by atoms with Crippen LogP contribution in [0.1, 0.15) is 20.8 Å². The third-order valence-corrected chi connectivity index (χ3v) is 4.25. The summed E-state index contributed by atoms with van der Waals surface area (Å²) in [6.45, 7) is 4.44. The summed E-state index contributed by atoms with van der Waals surface area (Å²) in [6, 6.07) is 0.396. The molecular weight excluding hydrogens is 370 g/mol. The van der Waals surface area contributed by atoms with Gasteiger partial charge in [-0.3, -0.25) is 14.4 Å². The van der Waals surface area contributed by atoms with E-state index in [9.17, 15) is 14.4 Å². The number of ether oxygens (including phenoxy) is 5. The van der Waals surface area contributed by atoms with Gasteiger partial charge in [-0.1, -0.05) is 11.6 Å². The average Bonchev–Trinajstić information content (AvgIpc) is 2.51.